The van der Waals surface area contributed by atoms with E-state index in [1.807, 2.05) is 0 Å². The molecule has 0 amide bonds. The number of carbonyl (C=O) groups is 2. The maximum absolute atomic E-state index is 11.4. The first-order valence-electron chi connectivity index (χ1n) is 4.35. The Labute approximate surface area is 97.3 Å². The fraction of sp³-hybridized carbons (Fsp3) is 0.300. The average Bonchev–Trinajstić information content (AvgIpc) is 2.27. The average molecular weight is 244 g/mol. The minimum atomic E-state index is -0.650. The lowest BCUT2D eigenvalue weighted by Crippen LogP contribution is -2.10. The lowest BCUT2D eigenvalue weighted by atomic mass is 10.1. The summed E-state index contributed by atoms with van der Waals surface area (Å²) in [4.78, 5) is 26.5. The molecule has 0 fully saturated rings. The van der Waals surface area contributed by atoms with Crippen LogP contribution in [0.15, 0.2) is 6.07 Å². The van der Waals surface area contributed by atoms with E-state index < -0.39 is 11.9 Å². The smallest absolute Gasteiger partial charge is 0.341 e. The van der Waals surface area contributed by atoms with E-state index in [0.717, 1.165) is 0 Å². The first kappa shape index (κ1) is 12.4. The zero-order chi connectivity index (χ0) is 12.3. The lowest BCUT2D eigenvalue weighted by molar-refractivity contribution is 0.0598. The number of nitrogens with zero attached hydrogens (tertiary/aromatic N) is 1. The quantitative estimate of drug-likeness (QED) is 0.583. The minimum Gasteiger partial charge on any atom is -0.465 e. The molecule has 0 aliphatic rings. The van der Waals surface area contributed by atoms with E-state index in [1.165, 1.54) is 20.3 Å². The summed E-state index contributed by atoms with van der Waals surface area (Å²) >= 11 is 5.76. The molecule has 0 saturated carbocycles. The first-order valence-corrected chi connectivity index (χ1v) is 4.72. The Kier molecular flexibility index (Phi) is 3.84. The number of rotatable bonds is 2. The normalized spacial score (nSPS) is 9.75. The Bertz CT molecular complexity index is 407. The van der Waals surface area contributed by atoms with Gasteiger partial charge in [0.15, 0.2) is 0 Å². The summed E-state index contributed by atoms with van der Waals surface area (Å²) in [7, 11) is 2.46. The van der Waals surface area contributed by atoms with Crippen LogP contribution in [-0.2, 0) is 9.47 Å². The second kappa shape index (κ2) is 4.94. The standard InChI is InChI=1S/C10H10ClNO4/c1-5-6(9(13)15-2)4-7(8(11)12-5)10(14)16-3/h4H,1-3H3. The molecule has 5 nitrogen and oxygen atoms in total. The Morgan fingerprint density at radius 2 is 1.69 bits per heavy atom. The van der Waals surface area contributed by atoms with Crippen molar-refractivity contribution in [3.8, 4) is 0 Å². The van der Waals surface area contributed by atoms with E-state index in [4.69, 9.17) is 11.6 Å². The van der Waals surface area contributed by atoms with Gasteiger partial charge in [-0.3, -0.25) is 0 Å². The molecule has 0 spiro atoms. The zero-order valence-corrected chi connectivity index (χ0v) is 9.79. The summed E-state index contributed by atoms with van der Waals surface area (Å²) in [5, 5.41) is -0.00277. The fourth-order valence-corrected chi connectivity index (χ4v) is 1.40. The Morgan fingerprint density at radius 3 is 2.19 bits per heavy atom. The van der Waals surface area contributed by atoms with Crippen LogP contribution in [0.3, 0.4) is 0 Å². The maximum atomic E-state index is 11.4. The third-order valence-electron chi connectivity index (χ3n) is 1.98. The van der Waals surface area contributed by atoms with E-state index in [1.54, 1.807) is 6.92 Å². The SMILES string of the molecule is COC(=O)c1cc(C(=O)OC)c(Cl)nc1C. The molecule has 0 radical (unpaired) electrons. The third-order valence-corrected chi connectivity index (χ3v) is 2.27. The summed E-state index contributed by atoms with van der Waals surface area (Å²) in [5.74, 6) is -1.23. The van der Waals surface area contributed by atoms with Gasteiger partial charge in [0.1, 0.15) is 5.15 Å². The number of hydrogen-bond donors (Lipinski definition) is 0. The van der Waals surface area contributed by atoms with Crippen LogP contribution < -0.4 is 0 Å². The van der Waals surface area contributed by atoms with Crippen molar-refractivity contribution >= 4 is 23.5 Å². The molecule has 0 N–H and O–H groups in total. The molecule has 1 rings (SSSR count). The van der Waals surface area contributed by atoms with Crippen molar-refractivity contribution in [3.63, 3.8) is 0 Å². The maximum Gasteiger partial charge on any atom is 0.341 e. The van der Waals surface area contributed by atoms with Gasteiger partial charge in [0.25, 0.3) is 0 Å². The van der Waals surface area contributed by atoms with E-state index >= 15 is 0 Å². The van der Waals surface area contributed by atoms with Gasteiger partial charge < -0.3 is 9.47 Å². The number of pyridine rings is 1. The molecule has 0 unspecified atom stereocenters. The minimum absolute atomic E-state index is 0.00277. The number of aryl methyl sites for hydroxylation is 1. The topological polar surface area (TPSA) is 65.5 Å². The van der Waals surface area contributed by atoms with Crippen LogP contribution in [0.2, 0.25) is 5.15 Å². The molecule has 6 heteroatoms. The largest absolute Gasteiger partial charge is 0.465 e. The molecule has 86 valence electrons. The summed E-state index contributed by atoms with van der Waals surface area (Å²) in [5.41, 5.74) is 0.618. The number of halogens is 1. The van der Waals surface area contributed by atoms with Crippen LogP contribution in [0.4, 0.5) is 0 Å². The van der Waals surface area contributed by atoms with Gasteiger partial charge in [-0.05, 0) is 13.0 Å². The number of hydrogen-bond acceptors (Lipinski definition) is 5. The number of esters is 2. The van der Waals surface area contributed by atoms with Gasteiger partial charge in [-0.1, -0.05) is 11.6 Å². The van der Waals surface area contributed by atoms with Crippen LogP contribution in [0.1, 0.15) is 26.4 Å². The van der Waals surface area contributed by atoms with Crippen molar-refractivity contribution in [1.82, 2.24) is 4.98 Å². The summed E-state index contributed by atoms with van der Waals surface area (Å²) in [6.45, 7) is 1.60. The molecular formula is C10H10ClNO4. The third kappa shape index (κ3) is 2.30. The van der Waals surface area contributed by atoms with Crippen LogP contribution in [0.5, 0.6) is 0 Å². The van der Waals surface area contributed by atoms with Crippen LogP contribution >= 0.6 is 11.6 Å². The van der Waals surface area contributed by atoms with Crippen LogP contribution in [0.25, 0.3) is 0 Å². The summed E-state index contributed by atoms with van der Waals surface area (Å²) in [6.07, 6.45) is 0. The second-order valence-electron chi connectivity index (χ2n) is 2.94. The highest BCUT2D eigenvalue weighted by Crippen LogP contribution is 2.19. The van der Waals surface area contributed by atoms with Gasteiger partial charge in [0.2, 0.25) is 0 Å². The van der Waals surface area contributed by atoms with E-state index in [2.05, 4.69) is 14.5 Å². The molecule has 1 aromatic heterocycles. The molecule has 0 saturated heterocycles. The second-order valence-corrected chi connectivity index (χ2v) is 3.30. The van der Waals surface area contributed by atoms with E-state index in [9.17, 15) is 9.59 Å². The summed E-state index contributed by atoms with van der Waals surface area (Å²) in [6, 6.07) is 1.31. The van der Waals surface area contributed by atoms with Crippen molar-refractivity contribution in [2.24, 2.45) is 0 Å². The van der Waals surface area contributed by atoms with Gasteiger partial charge in [-0.2, -0.15) is 0 Å². The number of carbonyl (C=O) groups excluding carboxylic acids is 2. The van der Waals surface area contributed by atoms with Gasteiger partial charge >= 0.3 is 11.9 Å². The number of methoxy groups -OCH3 is 2. The Morgan fingerprint density at radius 1 is 1.19 bits per heavy atom. The fourth-order valence-electron chi connectivity index (χ4n) is 1.15. The molecular weight excluding hydrogens is 234 g/mol. The van der Waals surface area contributed by atoms with E-state index in [0.29, 0.717) is 5.69 Å². The zero-order valence-electron chi connectivity index (χ0n) is 9.04. The molecule has 0 aliphatic carbocycles. The number of aromatic nitrogens is 1. The van der Waals surface area contributed by atoms with Gasteiger partial charge in [0, 0.05) is 0 Å². The van der Waals surface area contributed by atoms with Gasteiger partial charge in [-0.15, -0.1) is 0 Å². The highest BCUT2D eigenvalue weighted by atomic mass is 35.5. The number of ether oxygens (including phenoxy) is 2. The van der Waals surface area contributed by atoms with Crippen molar-refractivity contribution in [1.29, 1.82) is 0 Å². The lowest BCUT2D eigenvalue weighted by Gasteiger charge is -2.07. The van der Waals surface area contributed by atoms with Crippen LogP contribution in [-0.4, -0.2) is 31.1 Å². The molecule has 0 bridgehead atoms. The molecule has 0 atom stereocenters. The highest BCUT2D eigenvalue weighted by molar-refractivity contribution is 6.32. The highest BCUT2D eigenvalue weighted by Gasteiger charge is 2.18. The van der Waals surface area contributed by atoms with Crippen molar-refractivity contribution in [3.05, 3.63) is 28.0 Å². The Balaban J connectivity index is 3.32. The molecule has 0 aromatic carbocycles. The Hall–Kier alpha value is -1.62. The molecule has 1 aromatic rings. The van der Waals surface area contributed by atoms with Gasteiger partial charge in [-0.25, -0.2) is 14.6 Å². The molecule has 0 aliphatic heterocycles. The first-order chi connectivity index (χ1) is 7.51. The molecule has 1 heterocycles. The van der Waals surface area contributed by atoms with Crippen molar-refractivity contribution < 1.29 is 19.1 Å². The predicted molar refractivity (Wildman–Crippen MR) is 56.7 cm³/mol. The van der Waals surface area contributed by atoms with Crippen molar-refractivity contribution in [2.75, 3.05) is 14.2 Å². The molecule has 16 heavy (non-hydrogen) atoms. The predicted octanol–water partition coefficient (Wildman–Crippen LogP) is 1.62. The summed E-state index contributed by atoms with van der Waals surface area (Å²) < 4.78 is 9.06. The van der Waals surface area contributed by atoms with Crippen molar-refractivity contribution in [2.45, 2.75) is 6.92 Å². The van der Waals surface area contributed by atoms with Crippen LogP contribution in [0, 0.1) is 6.92 Å². The monoisotopic (exact) mass is 243 g/mol. The van der Waals surface area contributed by atoms with Gasteiger partial charge in [0.05, 0.1) is 31.0 Å². The van der Waals surface area contributed by atoms with E-state index in [-0.39, 0.29) is 16.3 Å².